The first kappa shape index (κ1) is 22.6. The van der Waals surface area contributed by atoms with Crippen LogP contribution in [0.15, 0.2) is 42.5 Å². The Hall–Kier alpha value is -2.06. The van der Waals surface area contributed by atoms with E-state index in [2.05, 4.69) is 22.4 Å². The summed E-state index contributed by atoms with van der Waals surface area (Å²) >= 11 is 1.44. The van der Waals surface area contributed by atoms with Crippen LogP contribution in [-0.2, 0) is 0 Å². The summed E-state index contributed by atoms with van der Waals surface area (Å²) in [4.78, 5) is 19.8. The minimum absolute atomic E-state index is 0. The fraction of sp³-hybridized carbons (Fsp3) is 0.333. The van der Waals surface area contributed by atoms with Gasteiger partial charge in [0.15, 0.2) is 5.13 Å². The first-order valence-corrected chi connectivity index (χ1v) is 10.3. The summed E-state index contributed by atoms with van der Waals surface area (Å²) in [7, 11) is 1.67. The summed E-state index contributed by atoms with van der Waals surface area (Å²) in [5.74, 6) is 1.79. The summed E-state index contributed by atoms with van der Waals surface area (Å²) in [5, 5.41) is 4.01. The van der Waals surface area contributed by atoms with Crippen molar-refractivity contribution in [3.63, 3.8) is 0 Å². The average molecular weight is 467 g/mol. The quantitative estimate of drug-likeness (QED) is 0.613. The number of methoxy groups -OCH3 is 1. The summed E-state index contributed by atoms with van der Waals surface area (Å²) in [6.07, 6.45) is 0. The second kappa shape index (κ2) is 8.98. The van der Waals surface area contributed by atoms with E-state index in [-0.39, 0.29) is 36.8 Å². The number of likely N-dealkylation sites (tertiary alicyclic amines) is 1. The third kappa shape index (κ3) is 3.83. The number of aromatic nitrogens is 1. The van der Waals surface area contributed by atoms with E-state index in [4.69, 9.17) is 10.5 Å². The Morgan fingerprint density at radius 3 is 2.70 bits per heavy atom. The molecule has 0 saturated carbocycles. The molecular weight excluding hydrogens is 443 g/mol. The van der Waals surface area contributed by atoms with Gasteiger partial charge >= 0.3 is 0 Å². The number of carbonyl (C=O) groups is 1. The summed E-state index contributed by atoms with van der Waals surface area (Å²) < 4.78 is 6.30. The molecule has 0 bridgehead atoms. The second-order valence-electron chi connectivity index (χ2n) is 7.49. The molecule has 1 aromatic heterocycles. The highest BCUT2D eigenvalue weighted by Crippen LogP contribution is 2.43. The molecule has 0 radical (unpaired) electrons. The van der Waals surface area contributed by atoms with Crippen molar-refractivity contribution in [2.24, 2.45) is 11.8 Å². The van der Waals surface area contributed by atoms with Gasteiger partial charge in [0.25, 0.3) is 5.91 Å². The van der Waals surface area contributed by atoms with Crippen molar-refractivity contribution in [1.82, 2.24) is 15.2 Å². The molecule has 3 aromatic rings. The molecule has 0 aliphatic carbocycles. The number of thiazole rings is 1. The Labute approximate surface area is 191 Å². The van der Waals surface area contributed by atoms with Gasteiger partial charge in [0.1, 0.15) is 5.75 Å². The number of hydrogen-bond donors (Lipinski definition) is 2. The molecule has 9 heteroatoms. The lowest BCUT2D eigenvalue weighted by molar-refractivity contribution is 0.0714. The number of benzene rings is 2. The molecule has 30 heavy (non-hydrogen) atoms. The number of anilines is 1. The topological polar surface area (TPSA) is 80.5 Å². The lowest BCUT2D eigenvalue weighted by atomic mass is 9.89. The van der Waals surface area contributed by atoms with E-state index in [1.165, 1.54) is 11.3 Å². The fourth-order valence-corrected chi connectivity index (χ4v) is 5.32. The Morgan fingerprint density at radius 2 is 1.97 bits per heavy atom. The number of nitrogen functional groups attached to an aromatic ring is 1. The van der Waals surface area contributed by atoms with E-state index in [1.54, 1.807) is 7.11 Å². The zero-order valence-corrected chi connectivity index (χ0v) is 18.9. The van der Waals surface area contributed by atoms with Gasteiger partial charge in [-0.25, -0.2) is 4.98 Å². The van der Waals surface area contributed by atoms with Crippen molar-refractivity contribution in [3.8, 4) is 5.75 Å². The van der Waals surface area contributed by atoms with Crippen LogP contribution in [0.25, 0.3) is 10.2 Å². The van der Waals surface area contributed by atoms with Crippen LogP contribution in [-0.4, -0.2) is 42.5 Å². The molecule has 5 rings (SSSR count). The highest BCUT2D eigenvalue weighted by Gasteiger charge is 2.46. The van der Waals surface area contributed by atoms with Crippen LogP contribution in [0.1, 0.15) is 22.0 Å². The predicted molar refractivity (Wildman–Crippen MR) is 125 cm³/mol. The maximum Gasteiger partial charge on any atom is 0.254 e. The number of ether oxygens (including phenoxy) is 1. The second-order valence-corrected chi connectivity index (χ2v) is 8.55. The molecule has 1 amide bonds. The summed E-state index contributed by atoms with van der Waals surface area (Å²) in [6.45, 7) is 2.67. The van der Waals surface area contributed by atoms with E-state index in [1.807, 2.05) is 35.2 Å². The molecule has 0 spiro atoms. The monoisotopic (exact) mass is 466 g/mol. The SMILES string of the molecule is COc1ccc([C@@H]2[C@H]3CNC[C@H]3CN2C(=O)c2ccc3sc(N)nc3c2)cc1.Cl.Cl. The normalized spacial score (nSPS) is 22.3. The Morgan fingerprint density at radius 1 is 1.20 bits per heavy atom. The van der Waals surface area contributed by atoms with Crippen molar-refractivity contribution in [3.05, 3.63) is 53.6 Å². The van der Waals surface area contributed by atoms with Gasteiger partial charge in [-0.15, -0.1) is 24.8 Å². The molecule has 2 fully saturated rings. The molecule has 2 aliphatic heterocycles. The van der Waals surface area contributed by atoms with Crippen LogP contribution in [0.3, 0.4) is 0 Å². The van der Waals surface area contributed by atoms with Crippen molar-refractivity contribution in [2.75, 3.05) is 32.5 Å². The number of nitrogens with one attached hydrogen (secondary N) is 1. The van der Waals surface area contributed by atoms with Gasteiger partial charge in [0.2, 0.25) is 0 Å². The van der Waals surface area contributed by atoms with Gasteiger partial charge in [0.05, 0.1) is 23.4 Å². The van der Waals surface area contributed by atoms with Crippen LogP contribution in [0, 0.1) is 11.8 Å². The maximum atomic E-state index is 13.5. The number of carbonyl (C=O) groups excluding carboxylic acids is 1. The van der Waals surface area contributed by atoms with E-state index < -0.39 is 0 Å². The van der Waals surface area contributed by atoms with Crippen LogP contribution in [0.5, 0.6) is 5.75 Å². The van der Waals surface area contributed by atoms with Gasteiger partial charge in [0, 0.05) is 31.1 Å². The number of rotatable bonds is 3. The lowest BCUT2D eigenvalue weighted by Gasteiger charge is -2.28. The van der Waals surface area contributed by atoms with E-state index >= 15 is 0 Å². The molecule has 3 atom stereocenters. The van der Waals surface area contributed by atoms with Crippen LogP contribution in [0.2, 0.25) is 0 Å². The van der Waals surface area contributed by atoms with E-state index in [0.29, 0.717) is 22.5 Å². The first-order chi connectivity index (χ1) is 13.6. The molecule has 0 unspecified atom stereocenters. The van der Waals surface area contributed by atoms with Crippen LogP contribution in [0.4, 0.5) is 5.13 Å². The molecule has 2 aromatic carbocycles. The summed E-state index contributed by atoms with van der Waals surface area (Å²) in [5.41, 5.74) is 8.43. The average Bonchev–Trinajstić information content (AvgIpc) is 3.39. The van der Waals surface area contributed by atoms with Gasteiger partial charge in [-0.1, -0.05) is 23.5 Å². The first-order valence-electron chi connectivity index (χ1n) is 9.46. The molecule has 2 saturated heterocycles. The van der Waals surface area contributed by atoms with Gasteiger partial charge in [-0.3, -0.25) is 4.79 Å². The number of amides is 1. The van der Waals surface area contributed by atoms with Gasteiger partial charge in [-0.05, 0) is 41.8 Å². The van der Waals surface area contributed by atoms with E-state index in [0.717, 1.165) is 41.2 Å². The van der Waals surface area contributed by atoms with Crippen molar-refractivity contribution < 1.29 is 9.53 Å². The fourth-order valence-electron chi connectivity index (χ4n) is 4.60. The Balaban J connectivity index is 0.00000128. The third-order valence-electron chi connectivity index (χ3n) is 5.93. The minimum Gasteiger partial charge on any atom is -0.497 e. The van der Waals surface area contributed by atoms with Crippen molar-refractivity contribution in [1.29, 1.82) is 0 Å². The minimum atomic E-state index is 0. The zero-order valence-electron chi connectivity index (χ0n) is 16.4. The maximum absolute atomic E-state index is 13.5. The van der Waals surface area contributed by atoms with Crippen molar-refractivity contribution >= 4 is 57.4 Å². The predicted octanol–water partition coefficient (Wildman–Crippen LogP) is 3.76. The zero-order chi connectivity index (χ0) is 19.3. The molecular formula is C21H24Cl2N4O2S. The Kier molecular flexibility index (Phi) is 6.77. The standard InChI is InChI=1S/C21H22N4O2S.2ClH/c1-27-15-5-2-12(3-6-15)19-16-10-23-9-14(16)11-25(19)20(26)13-4-7-18-17(8-13)24-21(22)28-18;;/h2-8,14,16,19,23H,9-11H2,1H3,(H2,22,24);2*1H/t14-,16-,19+;;/m0../s1. The molecule has 2 aliphatic rings. The smallest absolute Gasteiger partial charge is 0.254 e. The molecule has 160 valence electrons. The molecule has 6 nitrogen and oxygen atoms in total. The number of nitrogens with zero attached hydrogens (tertiary/aromatic N) is 2. The van der Waals surface area contributed by atoms with Crippen LogP contribution < -0.4 is 15.8 Å². The van der Waals surface area contributed by atoms with Crippen molar-refractivity contribution in [2.45, 2.75) is 6.04 Å². The van der Waals surface area contributed by atoms with E-state index in [9.17, 15) is 4.79 Å². The lowest BCUT2D eigenvalue weighted by Crippen LogP contribution is -2.34. The molecule has 3 heterocycles. The van der Waals surface area contributed by atoms with Crippen LogP contribution >= 0.6 is 36.2 Å². The third-order valence-corrected chi connectivity index (χ3v) is 6.80. The number of fused-ring (bicyclic) bond motifs is 2. The highest BCUT2D eigenvalue weighted by atomic mass is 35.5. The highest BCUT2D eigenvalue weighted by molar-refractivity contribution is 7.22. The van der Waals surface area contributed by atoms with Gasteiger partial charge in [-0.2, -0.15) is 0 Å². The molecule has 3 N–H and O–H groups in total. The Bertz CT molecular complexity index is 1040. The number of nitrogens with two attached hydrogens (primary N) is 1. The number of hydrogen-bond acceptors (Lipinski definition) is 6. The summed E-state index contributed by atoms with van der Waals surface area (Å²) in [6, 6.07) is 13.9. The largest absolute Gasteiger partial charge is 0.497 e. The number of halogens is 2. The van der Waals surface area contributed by atoms with Gasteiger partial charge < -0.3 is 20.7 Å².